The van der Waals surface area contributed by atoms with Gasteiger partial charge in [-0.3, -0.25) is 4.79 Å². The zero-order valence-corrected chi connectivity index (χ0v) is 9.19. The Kier molecular flexibility index (Phi) is 4.16. The summed E-state index contributed by atoms with van der Waals surface area (Å²) in [6, 6.07) is 0.375. The Bertz CT molecular complexity index is 208. The molecule has 82 valence electrons. The highest BCUT2D eigenvalue weighted by molar-refractivity contribution is 5.85. The molecule has 1 amide bonds. The average Bonchev–Trinajstić information content (AvgIpc) is 2.43. The van der Waals surface area contributed by atoms with Crippen LogP contribution in [0.2, 0.25) is 0 Å². The van der Waals surface area contributed by atoms with Gasteiger partial charge in [-0.1, -0.05) is 6.92 Å². The molecule has 2 fully saturated rings. The Morgan fingerprint density at radius 3 is 2.29 bits per heavy atom. The number of carbonyl (C=O) groups is 1. The molecule has 0 radical (unpaired) electrons. The molecule has 2 aliphatic rings. The molecular weight excluding hydrogens is 202 g/mol. The lowest BCUT2D eigenvalue weighted by Gasteiger charge is -2.29. The smallest absolute Gasteiger partial charge is 0.225 e. The van der Waals surface area contributed by atoms with Gasteiger partial charge in [0.25, 0.3) is 0 Å². The van der Waals surface area contributed by atoms with E-state index in [1.807, 2.05) is 0 Å². The van der Waals surface area contributed by atoms with Crippen LogP contribution in [0.25, 0.3) is 0 Å². The second-order valence-electron chi connectivity index (χ2n) is 4.11. The topological polar surface area (TPSA) is 53.2 Å². The van der Waals surface area contributed by atoms with E-state index < -0.39 is 0 Å². The number of nitrogens with one attached hydrogen (secondary N) is 3. The molecule has 0 saturated carbocycles. The number of halogens is 1. The number of hydrogen-bond donors (Lipinski definition) is 3. The Hall–Kier alpha value is -0.320. The predicted molar refractivity (Wildman–Crippen MR) is 57.6 cm³/mol. The fourth-order valence-electron chi connectivity index (χ4n) is 1.86. The van der Waals surface area contributed by atoms with Gasteiger partial charge in [-0.15, -0.1) is 12.4 Å². The minimum absolute atomic E-state index is 0. The molecule has 2 heterocycles. The van der Waals surface area contributed by atoms with Crippen LogP contribution in [0.4, 0.5) is 0 Å². The van der Waals surface area contributed by atoms with Gasteiger partial charge < -0.3 is 16.0 Å². The second kappa shape index (κ2) is 4.96. The maximum Gasteiger partial charge on any atom is 0.225 e. The fourth-order valence-corrected chi connectivity index (χ4v) is 1.86. The first kappa shape index (κ1) is 11.8. The van der Waals surface area contributed by atoms with Gasteiger partial charge in [-0.2, -0.15) is 0 Å². The molecule has 14 heavy (non-hydrogen) atoms. The van der Waals surface area contributed by atoms with E-state index in [0.29, 0.717) is 12.0 Å². The van der Waals surface area contributed by atoms with Crippen LogP contribution >= 0.6 is 12.4 Å². The Morgan fingerprint density at radius 1 is 1.21 bits per heavy atom. The van der Waals surface area contributed by atoms with Crippen LogP contribution in [-0.4, -0.2) is 38.1 Å². The molecule has 2 aliphatic heterocycles. The van der Waals surface area contributed by atoms with Crippen LogP contribution in [0.5, 0.6) is 0 Å². The van der Waals surface area contributed by atoms with Crippen molar-refractivity contribution in [2.75, 3.05) is 26.2 Å². The zero-order valence-electron chi connectivity index (χ0n) is 8.38. The Morgan fingerprint density at radius 2 is 1.86 bits per heavy atom. The fraction of sp³-hybridized carbons (Fsp3) is 0.889. The lowest BCUT2D eigenvalue weighted by atomic mass is 9.96. The molecule has 0 spiro atoms. The second-order valence-corrected chi connectivity index (χ2v) is 4.11. The highest BCUT2D eigenvalue weighted by Crippen LogP contribution is 2.15. The quantitative estimate of drug-likeness (QED) is 0.579. The molecule has 2 atom stereocenters. The summed E-state index contributed by atoms with van der Waals surface area (Å²) in [7, 11) is 0. The van der Waals surface area contributed by atoms with Gasteiger partial charge in [0.05, 0.1) is 12.0 Å². The van der Waals surface area contributed by atoms with Crippen LogP contribution in [0, 0.1) is 11.8 Å². The van der Waals surface area contributed by atoms with E-state index in [0.717, 1.165) is 26.2 Å². The van der Waals surface area contributed by atoms with Gasteiger partial charge in [-0.05, 0) is 12.5 Å². The van der Waals surface area contributed by atoms with Crippen LogP contribution in [-0.2, 0) is 4.79 Å². The van der Waals surface area contributed by atoms with Gasteiger partial charge in [0, 0.05) is 19.6 Å². The van der Waals surface area contributed by atoms with Gasteiger partial charge in [-0.25, -0.2) is 0 Å². The highest BCUT2D eigenvalue weighted by atomic mass is 35.5. The molecule has 2 unspecified atom stereocenters. The molecule has 4 nitrogen and oxygen atoms in total. The van der Waals surface area contributed by atoms with Crippen molar-refractivity contribution in [2.24, 2.45) is 11.8 Å². The van der Waals surface area contributed by atoms with Gasteiger partial charge in [0.2, 0.25) is 5.91 Å². The summed E-state index contributed by atoms with van der Waals surface area (Å²) in [6.45, 7) is 5.80. The molecule has 0 aromatic carbocycles. The summed E-state index contributed by atoms with van der Waals surface area (Å²) in [4.78, 5) is 11.7. The summed E-state index contributed by atoms with van der Waals surface area (Å²) >= 11 is 0. The summed E-state index contributed by atoms with van der Waals surface area (Å²) in [6.07, 6.45) is 0. The first-order valence-corrected chi connectivity index (χ1v) is 4.99. The molecule has 5 heteroatoms. The van der Waals surface area contributed by atoms with Crippen LogP contribution < -0.4 is 16.0 Å². The summed E-state index contributed by atoms with van der Waals surface area (Å²) in [5.41, 5.74) is 0. The van der Waals surface area contributed by atoms with Crippen molar-refractivity contribution >= 4 is 18.3 Å². The van der Waals surface area contributed by atoms with Crippen LogP contribution in [0.1, 0.15) is 6.92 Å². The summed E-state index contributed by atoms with van der Waals surface area (Å²) in [5.74, 6) is 0.887. The van der Waals surface area contributed by atoms with Gasteiger partial charge in [0.1, 0.15) is 0 Å². The summed E-state index contributed by atoms with van der Waals surface area (Å²) in [5, 5.41) is 9.42. The van der Waals surface area contributed by atoms with E-state index in [1.165, 1.54) is 0 Å². The molecule has 0 aromatic rings. The third kappa shape index (κ3) is 2.38. The maximum absolute atomic E-state index is 11.7. The van der Waals surface area contributed by atoms with Gasteiger partial charge >= 0.3 is 0 Å². The minimum Gasteiger partial charge on any atom is -0.351 e. The predicted octanol–water partition coefficient (Wildman–Crippen LogP) is -0.648. The van der Waals surface area contributed by atoms with Crippen molar-refractivity contribution in [3.8, 4) is 0 Å². The zero-order chi connectivity index (χ0) is 9.26. The normalized spacial score (nSPS) is 31.8. The molecule has 2 saturated heterocycles. The molecular formula is C9H18ClN3O. The molecule has 0 bridgehead atoms. The monoisotopic (exact) mass is 219 g/mol. The highest BCUT2D eigenvalue weighted by Gasteiger charge is 2.31. The van der Waals surface area contributed by atoms with E-state index in [1.54, 1.807) is 0 Å². The van der Waals surface area contributed by atoms with Crippen molar-refractivity contribution in [2.45, 2.75) is 13.0 Å². The lowest BCUT2D eigenvalue weighted by Crippen LogP contribution is -2.58. The molecule has 0 aromatic heterocycles. The third-order valence-electron chi connectivity index (χ3n) is 2.98. The van der Waals surface area contributed by atoms with E-state index in [2.05, 4.69) is 22.9 Å². The van der Waals surface area contributed by atoms with Crippen LogP contribution in [0.3, 0.4) is 0 Å². The van der Waals surface area contributed by atoms with Crippen molar-refractivity contribution in [1.82, 2.24) is 16.0 Å². The summed E-state index contributed by atoms with van der Waals surface area (Å²) < 4.78 is 0. The van der Waals surface area contributed by atoms with E-state index >= 15 is 0 Å². The SMILES string of the molecule is CC1CNCC1C(=O)NC1CNC1.Cl. The first-order valence-electron chi connectivity index (χ1n) is 4.99. The molecule has 3 N–H and O–H groups in total. The average molecular weight is 220 g/mol. The van der Waals surface area contributed by atoms with Crippen molar-refractivity contribution in [1.29, 1.82) is 0 Å². The minimum atomic E-state index is 0. The van der Waals surface area contributed by atoms with Gasteiger partial charge in [0.15, 0.2) is 0 Å². The van der Waals surface area contributed by atoms with Crippen molar-refractivity contribution in [3.05, 3.63) is 0 Å². The number of hydrogen-bond acceptors (Lipinski definition) is 3. The largest absolute Gasteiger partial charge is 0.351 e. The molecule has 2 rings (SSSR count). The number of amides is 1. The van der Waals surface area contributed by atoms with Crippen molar-refractivity contribution in [3.63, 3.8) is 0 Å². The van der Waals surface area contributed by atoms with Crippen LogP contribution in [0.15, 0.2) is 0 Å². The number of rotatable bonds is 2. The first-order chi connectivity index (χ1) is 6.27. The lowest BCUT2D eigenvalue weighted by molar-refractivity contribution is -0.126. The van der Waals surface area contributed by atoms with Crippen molar-refractivity contribution < 1.29 is 4.79 Å². The Balaban J connectivity index is 0.000000980. The maximum atomic E-state index is 11.7. The van der Waals surface area contributed by atoms with E-state index in [-0.39, 0.29) is 24.2 Å². The Labute approximate surface area is 90.6 Å². The van der Waals surface area contributed by atoms with E-state index in [4.69, 9.17) is 0 Å². The molecule has 0 aliphatic carbocycles. The third-order valence-corrected chi connectivity index (χ3v) is 2.98. The van der Waals surface area contributed by atoms with E-state index in [9.17, 15) is 4.79 Å². The number of carbonyl (C=O) groups excluding carboxylic acids is 1. The standard InChI is InChI=1S/C9H17N3O.ClH/c1-6-2-10-5-8(6)9(13)12-7-3-11-4-7;/h6-8,10-11H,2-5H2,1H3,(H,12,13);1H.